The molecule has 0 radical (unpaired) electrons. The summed E-state index contributed by atoms with van der Waals surface area (Å²) in [6.07, 6.45) is 2.37. The Balaban J connectivity index is 1.71. The molecule has 0 aromatic heterocycles. The molecule has 2 aromatic rings. The van der Waals surface area contributed by atoms with Crippen molar-refractivity contribution in [3.8, 4) is 0 Å². The van der Waals surface area contributed by atoms with E-state index in [1.165, 1.54) is 18.4 Å². The molecule has 3 nitrogen and oxygen atoms in total. The van der Waals surface area contributed by atoms with Crippen LogP contribution in [-0.4, -0.2) is 17.6 Å². The van der Waals surface area contributed by atoms with E-state index in [1.807, 2.05) is 12.1 Å². The number of hydrogen-bond donors (Lipinski definition) is 2. The zero-order valence-corrected chi connectivity index (χ0v) is 11.2. The van der Waals surface area contributed by atoms with Crippen LogP contribution in [0.1, 0.15) is 28.8 Å². The number of carbonyl (C=O) groups is 1. The summed E-state index contributed by atoms with van der Waals surface area (Å²) in [7, 11) is 0. The Kier molecular flexibility index (Phi) is 3.18. The molecule has 3 rings (SSSR count). The second kappa shape index (κ2) is 5.00. The van der Waals surface area contributed by atoms with Crippen molar-refractivity contribution in [2.45, 2.75) is 18.3 Å². The number of carboxylic acids is 1. The van der Waals surface area contributed by atoms with Gasteiger partial charge in [0.2, 0.25) is 0 Å². The normalized spacial score (nSPS) is 15.6. The van der Waals surface area contributed by atoms with Crippen molar-refractivity contribution < 1.29 is 9.90 Å². The van der Waals surface area contributed by atoms with Gasteiger partial charge in [-0.2, -0.15) is 0 Å². The lowest BCUT2D eigenvalue weighted by atomic mass is 9.96. The van der Waals surface area contributed by atoms with Crippen molar-refractivity contribution >= 4 is 11.7 Å². The first-order chi connectivity index (χ1) is 9.70. The molecule has 2 N–H and O–H groups in total. The summed E-state index contributed by atoms with van der Waals surface area (Å²) in [5.74, 6) is -0.891. The Morgan fingerprint density at radius 1 is 1.10 bits per heavy atom. The molecule has 20 heavy (non-hydrogen) atoms. The summed E-state index contributed by atoms with van der Waals surface area (Å²) < 4.78 is 0. The summed E-state index contributed by atoms with van der Waals surface area (Å²) in [4.78, 5) is 11.0. The Hall–Kier alpha value is -2.29. The average Bonchev–Trinajstić information content (AvgIpc) is 3.28. The van der Waals surface area contributed by atoms with Gasteiger partial charge < -0.3 is 10.4 Å². The highest BCUT2D eigenvalue weighted by molar-refractivity contribution is 5.88. The molecule has 0 amide bonds. The van der Waals surface area contributed by atoms with E-state index in [4.69, 9.17) is 5.11 Å². The summed E-state index contributed by atoms with van der Waals surface area (Å²) in [6, 6.07) is 17.5. The van der Waals surface area contributed by atoms with Crippen molar-refractivity contribution in [2.75, 3.05) is 11.9 Å². The highest BCUT2D eigenvalue weighted by atomic mass is 16.4. The van der Waals surface area contributed by atoms with Crippen LogP contribution in [-0.2, 0) is 5.41 Å². The molecule has 3 heteroatoms. The zero-order valence-electron chi connectivity index (χ0n) is 11.2. The van der Waals surface area contributed by atoms with Gasteiger partial charge >= 0.3 is 5.97 Å². The van der Waals surface area contributed by atoms with E-state index >= 15 is 0 Å². The van der Waals surface area contributed by atoms with Crippen LogP contribution in [0.2, 0.25) is 0 Å². The Labute approximate surface area is 118 Å². The van der Waals surface area contributed by atoms with Crippen LogP contribution < -0.4 is 5.32 Å². The molecular weight excluding hydrogens is 250 g/mol. The minimum atomic E-state index is -0.891. The number of benzene rings is 2. The smallest absolute Gasteiger partial charge is 0.335 e. The van der Waals surface area contributed by atoms with Crippen molar-refractivity contribution in [1.29, 1.82) is 0 Å². The predicted molar refractivity (Wildman–Crippen MR) is 79.2 cm³/mol. The highest BCUT2D eigenvalue weighted by Crippen LogP contribution is 2.48. The minimum Gasteiger partial charge on any atom is -0.478 e. The van der Waals surface area contributed by atoms with Crippen LogP contribution >= 0.6 is 0 Å². The van der Waals surface area contributed by atoms with Crippen LogP contribution in [0, 0.1) is 0 Å². The third kappa shape index (κ3) is 2.52. The van der Waals surface area contributed by atoms with Crippen molar-refractivity contribution in [3.63, 3.8) is 0 Å². The Morgan fingerprint density at radius 2 is 1.85 bits per heavy atom. The lowest BCUT2D eigenvalue weighted by Crippen LogP contribution is -2.19. The summed E-state index contributed by atoms with van der Waals surface area (Å²) >= 11 is 0. The molecule has 0 atom stereocenters. The third-order valence-corrected chi connectivity index (χ3v) is 3.98. The maximum Gasteiger partial charge on any atom is 0.335 e. The summed E-state index contributed by atoms with van der Waals surface area (Å²) in [5.41, 5.74) is 2.77. The topological polar surface area (TPSA) is 49.3 Å². The molecule has 1 saturated carbocycles. The van der Waals surface area contributed by atoms with E-state index in [-0.39, 0.29) is 5.41 Å². The number of carboxylic acid groups (broad SMARTS) is 1. The maximum atomic E-state index is 11.0. The van der Waals surface area contributed by atoms with Gasteiger partial charge in [0.15, 0.2) is 0 Å². The van der Waals surface area contributed by atoms with Crippen LogP contribution in [0.25, 0.3) is 0 Å². The molecule has 2 aromatic carbocycles. The molecule has 0 spiro atoms. The van der Waals surface area contributed by atoms with Gasteiger partial charge in [0.1, 0.15) is 0 Å². The molecule has 1 aliphatic carbocycles. The molecule has 0 aliphatic heterocycles. The number of hydrogen-bond acceptors (Lipinski definition) is 2. The molecule has 0 saturated heterocycles. The van der Waals surface area contributed by atoms with E-state index in [2.05, 4.69) is 29.6 Å². The first-order valence-electron chi connectivity index (χ1n) is 6.82. The molecule has 0 unspecified atom stereocenters. The van der Waals surface area contributed by atoms with E-state index in [0.717, 1.165) is 12.2 Å². The monoisotopic (exact) mass is 267 g/mol. The average molecular weight is 267 g/mol. The Bertz CT molecular complexity index is 618. The van der Waals surface area contributed by atoms with Crippen molar-refractivity contribution in [2.24, 2.45) is 0 Å². The van der Waals surface area contributed by atoms with Crippen molar-refractivity contribution in [3.05, 3.63) is 65.7 Å². The molecule has 0 heterocycles. The first-order valence-corrected chi connectivity index (χ1v) is 6.82. The molecular formula is C17H17NO2. The minimum absolute atomic E-state index is 0.223. The Morgan fingerprint density at radius 3 is 2.50 bits per heavy atom. The highest BCUT2D eigenvalue weighted by Gasteiger charge is 2.43. The maximum absolute atomic E-state index is 11.0. The lowest BCUT2D eigenvalue weighted by molar-refractivity contribution is 0.0697. The van der Waals surface area contributed by atoms with Gasteiger partial charge in [-0.15, -0.1) is 0 Å². The SMILES string of the molecule is O=C(O)c1cccc(NCC2(c3ccccc3)CC2)c1. The molecule has 102 valence electrons. The van der Waals surface area contributed by atoms with Crippen LogP contribution in [0.4, 0.5) is 5.69 Å². The fourth-order valence-corrected chi connectivity index (χ4v) is 2.54. The second-order valence-electron chi connectivity index (χ2n) is 5.39. The zero-order chi connectivity index (χ0) is 14.0. The lowest BCUT2D eigenvalue weighted by Gasteiger charge is -2.17. The number of aromatic carboxylic acids is 1. The molecule has 0 bridgehead atoms. The predicted octanol–water partition coefficient (Wildman–Crippen LogP) is 3.53. The number of rotatable bonds is 5. The van der Waals surface area contributed by atoms with Gasteiger partial charge in [-0.3, -0.25) is 0 Å². The van der Waals surface area contributed by atoms with E-state index in [0.29, 0.717) is 5.56 Å². The van der Waals surface area contributed by atoms with Crippen molar-refractivity contribution in [1.82, 2.24) is 0 Å². The van der Waals surface area contributed by atoms with E-state index < -0.39 is 5.97 Å². The fourth-order valence-electron chi connectivity index (χ4n) is 2.54. The standard InChI is InChI=1S/C17H17NO2/c19-16(20)13-5-4-8-15(11-13)18-12-17(9-10-17)14-6-2-1-3-7-14/h1-8,11,18H,9-10,12H2,(H,19,20). The van der Waals surface area contributed by atoms with Gasteiger partial charge in [-0.05, 0) is 36.6 Å². The first kappa shape index (κ1) is 12.7. The van der Waals surface area contributed by atoms with Gasteiger partial charge in [0.25, 0.3) is 0 Å². The third-order valence-electron chi connectivity index (χ3n) is 3.98. The van der Waals surface area contributed by atoms with Gasteiger partial charge in [-0.25, -0.2) is 4.79 Å². The van der Waals surface area contributed by atoms with Gasteiger partial charge in [-0.1, -0.05) is 36.4 Å². The van der Waals surface area contributed by atoms with E-state index in [1.54, 1.807) is 18.2 Å². The summed E-state index contributed by atoms with van der Waals surface area (Å²) in [5, 5.41) is 12.4. The second-order valence-corrected chi connectivity index (χ2v) is 5.39. The number of anilines is 1. The van der Waals surface area contributed by atoms with E-state index in [9.17, 15) is 4.79 Å². The largest absolute Gasteiger partial charge is 0.478 e. The summed E-state index contributed by atoms with van der Waals surface area (Å²) in [6.45, 7) is 0.847. The van der Waals surface area contributed by atoms with Crippen LogP contribution in [0.3, 0.4) is 0 Å². The number of nitrogens with one attached hydrogen (secondary N) is 1. The van der Waals surface area contributed by atoms with Gasteiger partial charge in [0.05, 0.1) is 5.56 Å². The molecule has 1 aliphatic rings. The fraction of sp³-hybridized carbons (Fsp3) is 0.235. The van der Waals surface area contributed by atoms with Gasteiger partial charge in [0, 0.05) is 17.6 Å². The molecule has 1 fully saturated rings. The van der Waals surface area contributed by atoms with Crippen LogP contribution in [0.5, 0.6) is 0 Å². The van der Waals surface area contributed by atoms with Crippen LogP contribution in [0.15, 0.2) is 54.6 Å². The quantitative estimate of drug-likeness (QED) is 0.871.